The van der Waals surface area contributed by atoms with Gasteiger partial charge < -0.3 is 4.74 Å². The van der Waals surface area contributed by atoms with Gasteiger partial charge in [0, 0.05) is 17.2 Å². The molecule has 0 bridgehead atoms. The number of carbonyl (C=O) groups is 3. The number of methoxy groups -OCH3 is 1. The Morgan fingerprint density at radius 1 is 1.07 bits per heavy atom. The maximum atomic E-state index is 13.2. The lowest BCUT2D eigenvalue weighted by atomic mass is 9.98. The van der Waals surface area contributed by atoms with E-state index in [-0.39, 0.29) is 17.1 Å². The summed E-state index contributed by atoms with van der Waals surface area (Å²) in [6.45, 7) is 0. The first kappa shape index (κ1) is 19.5. The van der Waals surface area contributed by atoms with Gasteiger partial charge in [0.15, 0.2) is 5.71 Å². The van der Waals surface area contributed by atoms with E-state index in [1.54, 1.807) is 24.3 Å². The molecule has 10 nitrogen and oxygen atoms in total. The summed E-state index contributed by atoms with van der Waals surface area (Å²) in [5.74, 6) is -3.28. The van der Waals surface area contributed by atoms with Crippen molar-refractivity contribution in [1.29, 1.82) is 0 Å². The number of nitro groups is 1. The number of hydrazone groups is 1. The number of esters is 1. The highest BCUT2D eigenvalue weighted by Gasteiger charge is 2.59. The fourth-order valence-corrected chi connectivity index (χ4v) is 3.60. The molecule has 0 aliphatic carbocycles. The van der Waals surface area contributed by atoms with Crippen LogP contribution in [0, 0.1) is 16.0 Å². The summed E-state index contributed by atoms with van der Waals surface area (Å²) in [4.78, 5) is 49.7. The number of hydrogen-bond donors (Lipinski definition) is 0. The predicted molar refractivity (Wildman–Crippen MR) is 106 cm³/mol. The molecule has 0 aromatic heterocycles. The summed E-state index contributed by atoms with van der Waals surface area (Å²) in [5, 5.41) is 16.8. The topological polar surface area (TPSA) is 122 Å². The van der Waals surface area contributed by atoms with E-state index in [0.29, 0.717) is 10.7 Å². The molecule has 0 N–H and O–H groups in total. The summed E-state index contributed by atoms with van der Waals surface area (Å²) < 4.78 is 4.74. The molecule has 4 rings (SSSR count). The van der Waals surface area contributed by atoms with Crippen LogP contribution in [0.15, 0.2) is 53.6 Å². The number of imide groups is 1. The number of rotatable bonds is 4. The number of hydrogen-bond acceptors (Lipinski definition) is 8. The second kappa shape index (κ2) is 7.23. The van der Waals surface area contributed by atoms with E-state index in [4.69, 9.17) is 16.3 Å². The second-order valence-electron chi connectivity index (χ2n) is 6.51. The predicted octanol–water partition coefficient (Wildman–Crippen LogP) is 2.16. The minimum Gasteiger partial charge on any atom is -0.464 e. The molecular formula is C19H13ClN4O6. The molecule has 1 fully saturated rings. The number of nitro benzene ring substituents is 1. The molecule has 0 saturated carbocycles. The number of carbonyl (C=O) groups excluding carboxylic acids is 3. The molecule has 2 aliphatic heterocycles. The highest BCUT2D eigenvalue weighted by Crippen LogP contribution is 2.38. The Morgan fingerprint density at radius 3 is 2.23 bits per heavy atom. The van der Waals surface area contributed by atoms with Gasteiger partial charge in [-0.15, -0.1) is 0 Å². The minimum atomic E-state index is -1.17. The zero-order valence-electron chi connectivity index (χ0n) is 15.4. The Morgan fingerprint density at radius 2 is 1.67 bits per heavy atom. The van der Waals surface area contributed by atoms with E-state index in [1.807, 2.05) is 0 Å². The molecule has 11 heteroatoms. The third-order valence-corrected chi connectivity index (χ3v) is 5.11. The number of benzene rings is 2. The average molecular weight is 429 g/mol. The molecule has 2 amide bonds. The molecule has 2 heterocycles. The van der Waals surface area contributed by atoms with Gasteiger partial charge in [-0.25, -0.2) is 9.69 Å². The second-order valence-corrected chi connectivity index (χ2v) is 6.94. The van der Waals surface area contributed by atoms with Crippen LogP contribution in [0.25, 0.3) is 0 Å². The van der Waals surface area contributed by atoms with E-state index < -0.39 is 34.7 Å². The SMILES string of the molecule is COC(=O)C1=NN(c2ccc(Cl)cc2)[C@H]2C(=O)N(c3ccc([N+](=O)[O-])cc3)C(=O)[C@H]12. The minimum absolute atomic E-state index is 0.158. The maximum absolute atomic E-state index is 13.2. The number of non-ortho nitro benzene ring substituents is 1. The van der Waals surface area contributed by atoms with Crippen molar-refractivity contribution in [3.05, 3.63) is 63.7 Å². The van der Waals surface area contributed by atoms with Gasteiger partial charge in [0.2, 0.25) is 5.91 Å². The first-order valence-corrected chi connectivity index (χ1v) is 9.05. The zero-order chi connectivity index (χ0) is 21.6. The van der Waals surface area contributed by atoms with Crippen molar-refractivity contribution in [2.45, 2.75) is 6.04 Å². The van der Waals surface area contributed by atoms with Gasteiger partial charge in [-0.3, -0.25) is 24.7 Å². The normalized spacial score (nSPS) is 20.3. The third kappa shape index (κ3) is 2.98. The Bertz CT molecular complexity index is 1100. The summed E-state index contributed by atoms with van der Waals surface area (Å²) in [6, 6.07) is 10.3. The molecule has 2 atom stereocenters. The van der Waals surface area contributed by atoms with Crippen LogP contribution in [-0.2, 0) is 19.1 Å². The first-order chi connectivity index (χ1) is 14.3. The van der Waals surface area contributed by atoms with Crippen LogP contribution < -0.4 is 9.91 Å². The Balaban J connectivity index is 1.76. The lowest BCUT2D eigenvalue weighted by Gasteiger charge is -2.22. The van der Waals surface area contributed by atoms with Gasteiger partial charge in [-0.05, 0) is 36.4 Å². The Labute approximate surface area is 174 Å². The fourth-order valence-electron chi connectivity index (χ4n) is 3.47. The van der Waals surface area contributed by atoms with E-state index in [2.05, 4.69) is 5.10 Å². The lowest BCUT2D eigenvalue weighted by molar-refractivity contribution is -0.384. The standard InChI is InChI=1S/C19H13ClN4O6/c1-30-19(27)15-14-16(23(21-15)12-4-2-10(20)3-5-12)18(26)22(17(14)25)11-6-8-13(9-7-11)24(28)29/h2-9,14,16H,1H3/t14-,16-/m1/s1. The number of ether oxygens (including phenoxy) is 1. The van der Waals surface area contributed by atoms with Crippen LogP contribution in [0.4, 0.5) is 17.1 Å². The largest absolute Gasteiger partial charge is 0.464 e. The molecule has 2 aromatic rings. The van der Waals surface area contributed by atoms with Gasteiger partial charge in [0.25, 0.3) is 11.6 Å². The Kier molecular flexibility index (Phi) is 4.70. The van der Waals surface area contributed by atoms with Gasteiger partial charge in [-0.1, -0.05) is 11.6 Å². The monoisotopic (exact) mass is 428 g/mol. The molecule has 0 unspecified atom stereocenters. The fraction of sp³-hybridized carbons (Fsp3) is 0.158. The molecular weight excluding hydrogens is 416 g/mol. The van der Waals surface area contributed by atoms with Crippen molar-refractivity contribution in [3.63, 3.8) is 0 Å². The van der Waals surface area contributed by atoms with Crippen LogP contribution in [0.2, 0.25) is 5.02 Å². The van der Waals surface area contributed by atoms with E-state index >= 15 is 0 Å². The van der Waals surface area contributed by atoms with Crippen LogP contribution in [0.5, 0.6) is 0 Å². The smallest absolute Gasteiger partial charge is 0.355 e. The third-order valence-electron chi connectivity index (χ3n) is 4.85. The first-order valence-electron chi connectivity index (χ1n) is 8.67. The zero-order valence-corrected chi connectivity index (χ0v) is 16.1. The van der Waals surface area contributed by atoms with Crippen LogP contribution in [0.3, 0.4) is 0 Å². The van der Waals surface area contributed by atoms with Crippen molar-refractivity contribution < 1.29 is 24.0 Å². The van der Waals surface area contributed by atoms with E-state index in [0.717, 1.165) is 12.0 Å². The van der Waals surface area contributed by atoms with Crippen LogP contribution >= 0.6 is 11.6 Å². The highest BCUT2D eigenvalue weighted by atomic mass is 35.5. The van der Waals surface area contributed by atoms with Gasteiger partial charge in [-0.2, -0.15) is 5.10 Å². The Hall–Kier alpha value is -3.79. The number of anilines is 2. The summed E-state index contributed by atoms with van der Waals surface area (Å²) in [7, 11) is 1.15. The molecule has 2 aromatic carbocycles. The number of halogens is 1. The maximum Gasteiger partial charge on any atom is 0.355 e. The van der Waals surface area contributed by atoms with Gasteiger partial charge >= 0.3 is 5.97 Å². The molecule has 1 saturated heterocycles. The number of amides is 2. The quantitative estimate of drug-likeness (QED) is 0.316. The average Bonchev–Trinajstić information content (AvgIpc) is 3.25. The van der Waals surface area contributed by atoms with Crippen molar-refractivity contribution in [3.8, 4) is 0 Å². The van der Waals surface area contributed by atoms with Crippen LogP contribution in [0.1, 0.15) is 0 Å². The number of nitrogens with zero attached hydrogens (tertiary/aromatic N) is 4. The summed E-state index contributed by atoms with van der Waals surface area (Å²) >= 11 is 5.92. The highest BCUT2D eigenvalue weighted by molar-refractivity contribution is 6.47. The molecule has 0 spiro atoms. The molecule has 2 aliphatic rings. The van der Waals surface area contributed by atoms with E-state index in [1.165, 1.54) is 29.3 Å². The number of fused-ring (bicyclic) bond motifs is 1. The molecule has 152 valence electrons. The summed E-state index contributed by atoms with van der Waals surface area (Å²) in [5.41, 5.74) is 0.239. The van der Waals surface area contributed by atoms with E-state index in [9.17, 15) is 24.5 Å². The van der Waals surface area contributed by atoms with Crippen molar-refractivity contribution in [1.82, 2.24) is 0 Å². The molecule has 30 heavy (non-hydrogen) atoms. The van der Waals surface area contributed by atoms with Crippen LogP contribution in [-0.4, -0.2) is 41.6 Å². The lowest BCUT2D eigenvalue weighted by Crippen LogP contribution is -2.39. The van der Waals surface area contributed by atoms with Gasteiger partial charge in [0.1, 0.15) is 12.0 Å². The van der Waals surface area contributed by atoms with Gasteiger partial charge in [0.05, 0.1) is 23.4 Å². The van der Waals surface area contributed by atoms with Crippen molar-refractivity contribution in [2.24, 2.45) is 11.0 Å². The molecule has 0 radical (unpaired) electrons. The summed E-state index contributed by atoms with van der Waals surface area (Å²) in [6.07, 6.45) is 0. The van der Waals surface area contributed by atoms with Crippen molar-refractivity contribution >= 4 is 52.2 Å². The van der Waals surface area contributed by atoms with Crippen molar-refractivity contribution in [2.75, 3.05) is 17.0 Å².